The molecule has 9 heteroatoms. The number of thiocarbonyl (C=S) groups is 1. The maximum atomic E-state index is 11.9. The minimum absolute atomic E-state index is 0.0129. The molecule has 0 atom stereocenters. The lowest BCUT2D eigenvalue weighted by molar-refractivity contribution is -0.147. The molecule has 1 aliphatic heterocycles. The van der Waals surface area contributed by atoms with Gasteiger partial charge in [0.25, 0.3) is 0 Å². The van der Waals surface area contributed by atoms with Gasteiger partial charge in [-0.2, -0.15) is 0 Å². The van der Waals surface area contributed by atoms with Gasteiger partial charge < -0.3 is 20.7 Å². The van der Waals surface area contributed by atoms with E-state index >= 15 is 0 Å². The summed E-state index contributed by atoms with van der Waals surface area (Å²) in [4.78, 5) is 38.2. The van der Waals surface area contributed by atoms with Crippen LogP contribution in [0, 0.1) is 0 Å². The minimum atomic E-state index is -0.703. The Balaban J connectivity index is 2.31. The monoisotopic (exact) mass is 316 g/mol. The minimum Gasteiger partial charge on any atom is -0.469 e. The number of nitrogens with two attached hydrogens (primary N) is 1. The van der Waals surface area contributed by atoms with Crippen molar-refractivity contribution in [3.8, 4) is 0 Å². The van der Waals surface area contributed by atoms with E-state index < -0.39 is 11.8 Å². The van der Waals surface area contributed by atoms with Crippen LogP contribution in [0.1, 0.15) is 6.42 Å². The number of hydrogen-bond donors (Lipinski definition) is 2. The van der Waals surface area contributed by atoms with Crippen molar-refractivity contribution in [2.75, 3.05) is 46.4 Å². The molecule has 3 N–H and O–H groups in total. The zero-order valence-corrected chi connectivity index (χ0v) is 12.8. The standard InChI is InChI=1S/C12H20N4O4S/c1-20-10(17)2-3-15-4-6-16(7-5-15)12(19)11(18)14-8-9(13)21/h2-8H2,1H3,(H2,13,21)(H,14,18). The summed E-state index contributed by atoms with van der Waals surface area (Å²) >= 11 is 4.63. The SMILES string of the molecule is COC(=O)CCN1CCN(C(=O)C(=O)NCC(N)=S)CC1. The van der Waals surface area contributed by atoms with Crippen molar-refractivity contribution in [1.82, 2.24) is 15.1 Å². The molecule has 0 bridgehead atoms. The number of nitrogens with zero attached hydrogens (tertiary/aromatic N) is 2. The van der Waals surface area contributed by atoms with Gasteiger partial charge in [-0.05, 0) is 0 Å². The molecular formula is C12H20N4O4S. The lowest BCUT2D eigenvalue weighted by Gasteiger charge is -2.34. The summed E-state index contributed by atoms with van der Waals surface area (Å²) in [6.45, 7) is 2.72. The maximum absolute atomic E-state index is 11.9. The Bertz CT molecular complexity index is 421. The van der Waals surface area contributed by atoms with Crippen LogP contribution in [0.5, 0.6) is 0 Å². The number of hydrogen-bond acceptors (Lipinski definition) is 6. The van der Waals surface area contributed by atoms with Crippen molar-refractivity contribution < 1.29 is 19.1 Å². The predicted octanol–water partition coefficient (Wildman–Crippen LogP) is -1.90. The van der Waals surface area contributed by atoms with Gasteiger partial charge in [0.2, 0.25) is 0 Å². The smallest absolute Gasteiger partial charge is 0.311 e. The summed E-state index contributed by atoms with van der Waals surface area (Å²) in [5.74, 6) is -1.55. The average Bonchev–Trinajstić information content (AvgIpc) is 2.49. The van der Waals surface area contributed by atoms with Gasteiger partial charge in [-0.3, -0.25) is 19.3 Å². The van der Waals surface area contributed by atoms with Crippen LogP contribution in [-0.4, -0.2) is 79.0 Å². The van der Waals surface area contributed by atoms with Crippen molar-refractivity contribution in [1.29, 1.82) is 0 Å². The summed E-state index contributed by atoms with van der Waals surface area (Å²) in [6, 6.07) is 0. The first-order chi connectivity index (χ1) is 9.93. The second kappa shape index (κ2) is 8.53. The van der Waals surface area contributed by atoms with Crippen molar-refractivity contribution >= 4 is 35.0 Å². The fraction of sp³-hybridized carbons (Fsp3) is 0.667. The summed E-state index contributed by atoms with van der Waals surface area (Å²) in [7, 11) is 1.35. The topological polar surface area (TPSA) is 105 Å². The van der Waals surface area contributed by atoms with Gasteiger partial charge in [-0.25, -0.2) is 0 Å². The number of esters is 1. The van der Waals surface area contributed by atoms with Crippen LogP contribution in [-0.2, 0) is 19.1 Å². The molecule has 1 heterocycles. The van der Waals surface area contributed by atoms with Crippen LogP contribution < -0.4 is 11.1 Å². The number of methoxy groups -OCH3 is 1. The first kappa shape index (κ1) is 17.3. The Morgan fingerprint density at radius 2 is 1.86 bits per heavy atom. The molecule has 0 spiro atoms. The number of amides is 2. The number of piperazine rings is 1. The number of nitrogens with one attached hydrogen (secondary N) is 1. The molecule has 118 valence electrons. The van der Waals surface area contributed by atoms with Crippen molar-refractivity contribution in [3.05, 3.63) is 0 Å². The molecule has 1 saturated heterocycles. The number of ether oxygens (including phenoxy) is 1. The van der Waals surface area contributed by atoms with Gasteiger partial charge in [-0.1, -0.05) is 12.2 Å². The second-order valence-corrected chi connectivity index (χ2v) is 5.13. The molecule has 0 unspecified atom stereocenters. The van der Waals surface area contributed by atoms with Crippen LogP contribution in [0.2, 0.25) is 0 Å². The van der Waals surface area contributed by atoms with E-state index in [4.69, 9.17) is 5.73 Å². The van der Waals surface area contributed by atoms with E-state index in [1.807, 2.05) is 4.90 Å². The first-order valence-electron chi connectivity index (χ1n) is 6.58. The molecule has 0 radical (unpaired) electrons. The molecular weight excluding hydrogens is 296 g/mol. The average molecular weight is 316 g/mol. The van der Waals surface area contributed by atoms with E-state index in [9.17, 15) is 14.4 Å². The molecule has 1 rings (SSSR count). The van der Waals surface area contributed by atoms with Crippen molar-refractivity contribution in [2.24, 2.45) is 5.73 Å². The van der Waals surface area contributed by atoms with Gasteiger partial charge in [0.1, 0.15) is 0 Å². The molecule has 8 nitrogen and oxygen atoms in total. The Morgan fingerprint density at radius 3 is 2.38 bits per heavy atom. The third-order valence-corrected chi connectivity index (χ3v) is 3.28. The maximum Gasteiger partial charge on any atom is 0.311 e. The van der Waals surface area contributed by atoms with E-state index in [1.165, 1.54) is 12.0 Å². The van der Waals surface area contributed by atoms with Crippen LogP contribution in [0.25, 0.3) is 0 Å². The number of carbonyl (C=O) groups is 3. The largest absolute Gasteiger partial charge is 0.469 e. The van der Waals surface area contributed by atoms with E-state index in [-0.39, 0.29) is 17.5 Å². The van der Waals surface area contributed by atoms with Gasteiger partial charge >= 0.3 is 17.8 Å². The molecule has 0 aromatic rings. The molecule has 21 heavy (non-hydrogen) atoms. The van der Waals surface area contributed by atoms with Gasteiger partial charge in [0.15, 0.2) is 0 Å². The zero-order chi connectivity index (χ0) is 15.8. The van der Waals surface area contributed by atoms with Gasteiger partial charge in [0.05, 0.1) is 25.1 Å². The quantitative estimate of drug-likeness (QED) is 0.347. The summed E-state index contributed by atoms with van der Waals surface area (Å²) in [5.41, 5.74) is 5.25. The first-order valence-corrected chi connectivity index (χ1v) is 6.99. The van der Waals surface area contributed by atoms with Crippen molar-refractivity contribution in [3.63, 3.8) is 0 Å². The lowest BCUT2D eigenvalue weighted by atomic mass is 10.2. The third kappa shape index (κ3) is 6.05. The highest BCUT2D eigenvalue weighted by Crippen LogP contribution is 2.03. The van der Waals surface area contributed by atoms with Crippen LogP contribution >= 0.6 is 12.2 Å². The molecule has 0 aromatic heterocycles. The van der Waals surface area contributed by atoms with Gasteiger partial charge in [-0.15, -0.1) is 0 Å². The fourth-order valence-electron chi connectivity index (χ4n) is 1.91. The molecule has 0 saturated carbocycles. The Kier molecular flexibility index (Phi) is 7.03. The van der Waals surface area contributed by atoms with Crippen LogP contribution in [0.3, 0.4) is 0 Å². The highest BCUT2D eigenvalue weighted by Gasteiger charge is 2.25. The normalized spacial score (nSPS) is 15.4. The molecule has 1 fully saturated rings. The lowest BCUT2D eigenvalue weighted by Crippen LogP contribution is -2.53. The van der Waals surface area contributed by atoms with E-state index in [1.54, 1.807) is 0 Å². The van der Waals surface area contributed by atoms with Crippen molar-refractivity contribution in [2.45, 2.75) is 6.42 Å². The van der Waals surface area contributed by atoms with Gasteiger partial charge in [0, 0.05) is 32.7 Å². The van der Waals surface area contributed by atoms with E-state index in [0.29, 0.717) is 39.1 Å². The van der Waals surface area contributed by atoms with Crippen LogP contribution in [0.15, 0.2) is 0 Å². The molecule has 0 aromatic carbocycles. The second-order valence-electron chi connectivity index (χ2n) is 4.61. The summed E-state index contributed by atoms with van der Waals surface area (Å²) in [6.07, 6.45) is 0.318. The Morgan fingerprint density at radius 1 is 1.24 bits per heavy atom. The highest BCUT2D eigenvalue weighted by molar-refractivity contribution is 7.80. The number of carbonyl (C=O) groups excluding carboxylic acids is 3. The van der Waals surface area contributed by atoms with E-state index in [0.717, 1.165) is 0 Å². The highest BCUT2D eigenvalue weighted by atomic mass is 32.1. The predicted molar refractivity (Wildman–Crippen MR) is 79.4 cm³/mol. The third-order valence-electron chi connectivity index (χ3n) is 3.14. The summed E-state index contributed by atoms with van der Waals surface area (Å²) in [5, 5.41) is 2.37. The van der Waals surface area contributed by atoms with E-state index in [2.05, 4.69) is 22.3 Å². The van der Waals surface area contributed by atoms with Crippen LogP contribution in [0.4, 0.5) is 0 Å². The Hall–Kier alpha value is -1.74. The molecule has 2 amide bonds. The Labute approximate surface area is 128 Å². The summed E-state index contributed by atoms with van der Waals surface area (Å²) < 4.78 is 4.57. The number of rotatable bonds is 5. The molecule has 1 aliphatic rings. The zero-order valence-electron chi connectivity index (χ0n) is 12.0. The fourth-order valence-corrected chi connectivity index (χ4v) is 1.98. The molecule has 0 aliphatic carbocycles.